The Kier molecular flexibility index (Phi) is 4.70. The Morgan fingerprint density at radius 1 is 1.43 bits per heavy atom. The summed E-state index contributed by atoms with van der Waals surface area (Å²) in [5, 5.41) is 2.45. The van der Waals surface area contributed by atoms with Crippen molar-refractivity contribution < 1.29 is 9.18 Å². The quantitative estimate of drug-likeness (QED) is 0.942. The maximum atomic E-state index is 13.0. The molecule has 0 unspecified atom stereocenters. The molecule has 7 heteroatoms. The van der Waals surface area contributed by atoms with Gasteiger partial charge < -0.3 is 5.32 Å². The lowest BCUT2D eigenvalue weighted by Crippen LogP contribution is -2.27. The van der Waals surface area contributed by atoms with Gasteiger partial charge in [0, 0.05) is 17.4 Å². The topological polar surface area (TPSA) is 64.0 Å². The van der Waals surface area contributed by atoms with Gasteiger partial charge in [0.1, 0.15) is 12.4 Å². The molecule has 21 heavy (non-hydrogen) atoms. The molecule has 0 saturated carbocycles. The van der Waals surface area contributed by atoms with E-state index in [4.69, 9.17) is 11.6 Å². The van der Waals surface area contributed by atoms with Crippen molar-refractivity contribution in [3.8, 4) is 0 Å². The van der Waals surface area contributed by atoms with E-state index in [9.17, 15) is 14.0 Å². The lowest BCUT2D eigenvalue weighted by Gasteiger charge is -2.08. The first kappa shape index (κ1) is 15.2. The minimum absolute atomic E-state index is 0.0843. The molecule has 1 N–H and O–H groups in total. The molecule has 0 fully saturated rings. The average Bonchev–Trinajstić information content (AvgIpc) is 2.45. The highest BCUT2D eigenvalue weighted by Gasteiger charge is 2.07. The van der Waals surface area contributed by atoms with Crippen LogP contribution in [0.3, 0.4) is 0 Å². The lowest BCUT2D eigenvalue weighted by molar-refractivity contribution is -0.116. The van der Waals surface area contributed by atoms with Gasteiger partial charge in [0.05, 0.1) is 11.3 Å². The molecule has 0 aliphatic rings. The number of hydrogen-bond acceptors (Lipinski definition) is 3. The van der Waals surface area contributed by atoms with Gasteiger partial charge in [-0.1, -0.05) is 18.5 Å². The molecular formula is C14H13ClFN3O2. The van der Waals surface area contributed by atoms with Gasteiger partial charge in [-0.25, -0.2) is 9.37 Å². The van der Waals surface area contributed by atoms with Crippen LogP contribution < -0.4 is 10.9 Å². The summed E-state index contributed by atoms with van der Waals surface area (Å²) in [6, 6.07) is 5.24. The van der Waals surface area contributed by atoms with E-state index in [1.54, 1.807) is 0 Å². The van der Waals surface area contributed by atoms with Crippen LogP contribution in [-0.2, 0) is 17.8 Å². The van der Waals surface area contributed by atoms with E-state index in [0.717, 1.165) is 6.07 Å². The summed E-state index contributed by atoms with van der Waals surface area (Å²) in [6.45, 7) is 1.71. The number of halogens is 2. The number of aromatic nitrogens is 2. The number of nitrogens with one attached hydrogen (secondary N) is 1. The summed E-state index contributed by atoms with van der Waals surface area (Å²) in [4.78, 5) is 27.7. The third kappa shape index (κ3) is 3.88. The molecule has 1 heterocycles. The molecule has 1 aromatic carbocycles. The number of hydrogen-bond donors (Lipinski definition) is 1. The highest BCUT2D eigenvalue weighted by Crippen LogP contribution is 2.19. The first-order chi connectivity index (χ1) is 9.99. The maximum absolute atomic E-state index is 13.0. The summed E-state index contributed by atoms with van der Waals surface area (Å²) in [7, 11) is 0. The van der Waals surface area contributed by atoms with Crippen LogP contribution in [-0.4, -0.2) is 15.5 Å². The third-order valence-electron chi connectivity index (χ3n) is 2.82. The van der Waals surface area contributed by atoms with Crippen LogP contribution in [0.25, 0.3) is 0 Å². The smallest absolute Gasteiger partial charge is 0.253 e. The van der Waals surface area contributed by atoms with Crippen LogP contribution in [0, 0.1) is 5.82 Å². The fraction of sp³-hybridized carbons (Fsp3) is 0.214. The van der Waals surface area contributed by atoms with E-state index < -0.39 is 11.7 Å². The van der Waals surface area contributed by atoms with Gasteiger partial charge in [-0.2, -0.15) is 0 Å². The number of benzene rings is 1. The molecule has 0 atom stereocenters. The van der Waals surface area contributed by atoms with E-state index >= 15 is 0 Å². The minimum atomic E-state index is -0.565. The summed E-state index contributed by atoms with van der Waals surface area (Å²) in [5.74, 6) is -0.990. The first-order valence-electron chi connectivity index (χ1n) is 6.30. The van der Waals surface area contributed by atoms with Crippen molar-refractivity contribution in [2.45, 2.75) is 19.9 Å². The van der Waals surface area contributed by atoms with Crippen LogP contribution in [0.2, 0.25) is 5.02 Å². The zero-order valence-corrected chi connectivity index (χ0v) is 12.0. The number of amides is 1. The van der Waals surface area contributed by atoms with Crippen LogP contribution in [0.1, 0.15) is 12.6 Å². The molecule has 0 spiro atoms. The Hall–Kier alpha value is -2.21. The van der Waals surface area contributed by atoms with Crippen LogP contribution in [0.4, 0.5) is 10.1 Å². The monoisotopic (exact) mass is 309 g/mol. The lowest BCUT2D eigenvalue weighted by atomic mass is 10.3. The molecule has 2 rings (SSSR count). The van der Waals surface area contributed by atoms with Crippen molar-refractivity contribution in [3.63, 3.8) is 0 Å². The van der Waals surface area contributed by atoms with Gasteiger partial charge in [-0.3, -0.25) is 14.2 Å². The van der Waals surface area contributed by atoms with Gasteiger partial charge in [-0.15, -0.1) is 0 Å². The van der Waals surface area contributed by atoms with Crippen molar-refractivity contribution in [2.75, 3.05) is 5.32 Å². The fourth-order valence-corrected chi connectivity index (χ4v) is 1.89. The second kappa shape index (κ2) is 6.49. The van der Waals surface area contributed by atoms with Gasteiger partial charge in [-0.05, 0) is 24.6 Å². The molecule has 1 amide bonds. The molecule has 110 valence electrons. The van der Waals surface area contributed by atoms with Crippen molar-refractivity contribution >= 4 is 23.2 Å². The number of aryl methyl sites for hydroxylation is 1. The second-order valence-corrected chi connectivity index (χ2v) is 4.78. The van der Waals surface area contributed by atoms with Crippen molar-refractivity contribution in [3.05, 3.63) is 57.5 Å². The number of carbonyl (C=O) groups excluding carboxylic acids is 1. The van der Waals surface area contributed by atoms with Gasteiger partial charge in [0.25, 0.3) is 5.56 Å². The Labute approximate surface area is 125 Å². The van der Waals surface area contributed by atoms with Crippen molar-refractivity contribution in [1.29, 1.82) is 0 Å². The van der Waals surface area contributed by atoms with E-state index in [-0.39, 0.29) is 17.1 Å². The van der Waals surface area contributed by atoms with E-state index in [0.29, 0.717) is 17.8 Å². The summed E-state index contributed by atoms with van der Waals surface area (Å²) >= 11 is 5.62. The Morgan fingerprint density at radius 2 is 2.19 bits per heavy atom. The molecule has 5 nitrogen and oxygen atoms in total. The van der Waals surface area contributed by atoms with Crippen LogP contribution in [0.15, 0.2) is 35.4 Å². The molecule has 2 aromatic rings. The Morgan fingerprint density at radius 3 is 2.81 bits per heavy atom. The SMILES string of the molecule is CCc1cc(=O)n(CC(=O)Nc2ccc(F)c(Cl)c2)cn1. The van der Waals surface area contributed by atoms with E-state index in [2.05, 4.69) is 10.3 Å². The minimum Gasteiger partial charge on any atom is -0.324 e. The van der Waals surface area contributed by atoms with E-state index in [1.807, 2.05) is 6.92 Å². The predicted molar refractivity (Wildman–Crippen MR) is 77.9 cm³/mol. The normalized spacial score (nSPS) is 10.4. The molecule has 0 aliphatic carbocycles. The largest absolute Gasteiger partial charge is 0.324 e. The molecule has 0 aliphatic heterocycles. The second-order valence-electron chi connectivity index (χ2n) is 4.38. The highest BCUT2D eigenvalue weighted by molar-refractivity contribution is 6.31. The van der Waals surface area contributed by atoms with Crippen LogP contribution >= 0.6 is 11.6 Å². The molecule has 1 aromatic heterocycles. The number of nitrogens with zero attached hydrogens (tertiary/aromatic N) is 2. The Balaban J connectivity index is 2.08. The third-order valence-corrected chi connectivity index (χ3v) is 3.11. The molecule has 0 saturated heterocycles. The highest BCUT2D eigenvalue weighted by atomic mass is 35.5. The zero-order chi connectivity index (χ0) is 15.4. The fourth-order valence-electron chi connectivity index (χ4n) is 1.70. The molecular weight excluding hydrogens is 297 g/mol. The summed E-state index contributed by atoms with van der Waals surface area (Å²) < 4.78 is 14.2. The van der Waals surface area contributed by atoms with Gasteiger partial charge >= 0.3 is 0 Å². The van der Waals surface area contributed by atoms with Crippen LogP contribution in [0.5, 0.6) is 0 Å². The standard InChI is InChI=1S/C14H13ClFN3O2/c1-2-9-6-14(21)19(8-17-9)7-13(20)18-10-3-4-12(16)11(15)5-10/h3-6,8H,2,7H2,1H3,(H,18,20). The number of rotatable bonds is 4. The maximum Gasteiger partial charge on any atom is 0.253 e. The summed E-state index contributed by atoms with van der Waals surface area (Å²) in [6.07, 6.45) is 1.98. The molecule has 0 radical (unpaired) electrons. The predicted octanol–water partition coefficient (Wildman–Crippen LogP) is 2.24. The molecule has 0 bridgehead atoms. The van der Waals surface area contributed by atoms with Crippen molar-refractivity contribution in [1.82, 2.24) is 9.55 Å². The summed E-state index contributed by atoms with van der Waals surface area (Å²) in [5.41, 5.74) is 0.730. The Bertz CT molecular complexity index is 730. The van der Waals surface area contributed by atoms with Gasteiger partial charge in [0.15, 0.2) is 0 Å². The number of anilines is 1. The van der Waals surface area contributed by atoms with E-state index in [1.165, 1.54) is 29.1 Å². The first-order valence-corrected chi connectivity index (χ1v) is 6.67. The average molecular weight is 310 g/mol. The van der Waals surface area contributed by atoms with Crippen molar-refractivity contribution in [2.24, 2.45) is 0 Å². The van der Waals surface area contributed by atoms with Gasteiger partial charge in [0.2, 0.25) is 5.91 Å². The number of carbonyl (C=O) groups is 1. The zero-order valence-electron chi connectivity index (χ0n) is 11.3.